The average molecular weight is 271 g/mol. The molecule has 0 aliphatic rings. The van der Waals surface area contributed by atoms with Gasteiger partial charge in [0.25, 0.3) is 5.69 Å². The van der Waals surface area contributed by atoms with Crippen molar-refractivity contribution in [2.45, 2.75) is 18.6 Å². The van der Waals surface area contributed by atoms with Crippen molar-refractivity contribution in [2.75, 3.05) is 6.26 Å². The van der Waals surface area contributed by atoms with Gasteiger partial charge in [-0.3, -0.25) is 14.9 Å². The molecule has 6 nitrogen and oxygen atoms in total. The van der Waals surface area contributed by atoms with Crippen LogP contribution < -0.4 is 0 Å². The molecule has 0 aliphatic carbocycles. The van der Waals surface area contributed by atoms with Crippen LogP contribution in [0.25, 0.3) is 0 Å². The Labute approximate surface area is 105 Å². The summed E-state index contributed by atoms with van der Waals surface area (Å²) in [6, 6.07) is 5.08. The van der Waals surface area contributed by atoms with Gasteiger partial charge in [-0.1, -0.05) is 19.1 Å². The first-order valence-corrected chi connectivity index (χ1v) is 7.20. The summed E-state index contributed by atoms with van der Waals surface area (Å²) in [4.78, 5) is 22.0. The van der Waals surface area contributed by atoms with Crippen molar-refractivity contribution in [1.29, 1.82) is 0 Å². The van der Waals surface area contributed by atoms with E-state index in [4.69, 9.17) is 0 Å². The van der Waals surface area contributed by atoms with E-state index < -0.39 is 25.8 Å². The molecule has 0 unspecified atom stereocenters. The molecule has 18 heavy (non-hydrogen) atoms. The minimum Gasteiger partial charge on any atom is -0.293 e. The fourth-order valence-corrected chi connectivity index (χ4v) is 2.77. The van der Waals surface area contributed by atoms with Gasteiger partial charge in [0, 0.05) is 24.0 Å². The summed E-state index contributed by atoms with van der Waals surface area (Å²) in [6.07, 6.45) is 1.12. The first-order valence-electron chi connectivity index (χ1n) is 5.25. The van der Waals surface area contributed by atoms with Gasteiger partial charge in [-0.2, -0.15) is 0 Å². The summed E-state index contributed by atoms with van der Waals surface area (Å²) in [5.74, 6) is -0.608. The monoisotopic (exact) mass is 271 g/mol. The Bertz CT molecular complexity index is 579. The second kappa shape index (κ2) is 5.26. The van der Waals surface area contributed by atoms with Gasteiger partial charge < -0.3 is 0 Å². The van der Waals surface area contributed by atoms with Crippen molar-refractivity contribution in [3.05, 3.63) is 39.9 Å². The quantitative estimate of drug-likeness (QED) is 0.460. The van der Waals surface area contributed by atoms with E-state index in [-0.39, 0.29) is 17.7 Å². The van der Waals surface area contributed by atoms with E-state index in [1.807, 2.05) is 0 Å². The summed E-state index contributed by atoms with van der Waals surface area (Å²) in [5, 5.41) is 9.43. The number of nitro benzene ring substituents is 1. The number of sulfone groups is 1. The lowest BCUT2D eigenvalue weighted by molar-refractivity contribution is -0.384. The number of hydrogen-bond donors (Lipinski definition) is 0. The molecule has 1 atom stereocenters. The van der Waals surface area contributed by atoms with Crippen LogP contribution in [-0.2, 0) is 9.84 Å². The number of rotatable bonds is 5. The molecular formula is C11H13NO5S. The van der Waals surface area contributed by atoms with Crippen LogP contribution in [0.3, 0.4) is 0 Å². The number of hydrogen-bond acceptors (Lipinski definition) is 5. The number of nitro groups is 1. The third-order valence-electron chi connectivity index (χ3n) is 2.52. The summed E-state index contributed by atoms with van der Waals surface area (Å²) >= 11 is 0. The summed E-state index contributed by atoms with van der Waals surface area (Å²) in [6.45, 7) is 1.58. The maximum Gasteiger partial charge on any atom is 0.270 e. The fourth-order valence-electron chi connectivity index (χ4n) is 1.64. The number of benzene rings is 1. The Morgan fingerprint density at radius 3 is 2.50 bits per heavy atom. The zero-order chi connectivity index (χ0) is 13.9. The molecule has 0 aliphatic heterocycles. The lowest BCUT2D eigenvalue weighted by Crippen LogP contribution is -2.28. The number of Topliss-reactive ketones (excluding diaryl/α,β-unsaturated/α-hetero) is 1. The van der Waals surface area contributed by atoms with E-state index in [9.17, 15) is 23.3 Å². The lowest BCUT2D eigenvalue weighted by Gasteiger charge is -2.11. The highest BCUT2D eigenvalue weighted by atomic mass is 32.2. The highest BCUT2D eigenvalue weighted by Gasteiger charge is 2.28. The predicted octanol–water partition coefficient (Wildman–Crippen LogP) is 1.60. The van der Waals surface area contributed by atoms with Gasteiger partial charge >= 0.3 is 0 Å². The van der Waals surface area contributed by atoms with Crippen molar-refractivity contribution in [2.24, 2.45) is 0 Å². The van der Waals surface area contributed by atoms with Crippen LogP contribution in [0, 0.1) is 10.1 Å². The standard InChI is InChI=1S/C11H13NO5S/c1-3-10(18(2,16)17)11(13)8-5-4-6-9(7-8)12(14)15/h4-7,10H,3H2,1-2H3/t10-/m0/s1. The zero-order valence-electron chi connectivity index (χ0n) is 9.99. The van der Waals surface area contributed by atoms with Gasteiger partial charge in [-0.25, -0.2) is 8.42 Å². The Hall–Kier alpha value is -1.76. The third kappa shape index (κ3) is 3.13. The van der Waals surface area contributed by atoms with Gasteiger partial charge in [-0.05, 0) is 6.42 Å². The average Bonchev–Trinajstić information content (AvgIpc) is 2.28. The van der Waals surface area contributed by atoms with Gasteiger partial charge in [-0.15, -0.1) is 0 Å². The number of carbonyl (C=O) groups is 1. The van der Waals surface area contributed by atoms with Crippen LogP contribution in [0.5, 0.6) is 0 Å². The normalized spacial score (nSPS) is 13.0. The maximum atomic E-state index is 12.0. The zero-order valence-corrected chi connectivity index (χ0v) is 10.8. The molecule has 1 rings (SSSR count). The molecule has 1 aromatic carbocycles. The number of ketones is 1. The Morgan fingerprint density at radius 1 is 1.44 bits per heavy atom. The summed E-state index contributed by atoms with van der Waals surface area (Å²) in [5.41, 5.74) is -0.189. The molecular weight excluding hydrogens is 258 g/mol. The third-order valence-corrected chi connectivity index (χ3v) is 4.10. The first kappa shape index (κ1) is 14.3. The van der Waals surface area contributed by atoms with Crippen molar-refractivity contribution in [1.82, 2.24) is 0 Å². The molecule has 0 spiro atoms. The van der Waals surface area contributed by atoms with E-state index in [1.54, 1.807) is 6.92 Å². The second-order valence-corrected chi connectivity index (χ2v) is 6.13. The van der Waals surface area contributed by atoms with E-state index >= 15 is 0 Å². The number of carbonyl (C=O) groups excluding carboxylic acids is 1. The maximum absolute atomic E-state index is 12.0. The molecule has 0 saturated carbocycles. The molecule has 0 N–H and O–H groups in total. The summed E-state index contributed by atoms with van der Waals surface area (Å²) in [7, 11) is -3.51. The lowest BCUT2D eigenvalue weighted by atomic mass is 10.1. The molecule has 0 bridgehead atoms. The van der Waals surface area contributed by atoms with Crippen LogP contribution in [0.1, 0.15) is 23.7 Å². The molecule has 0 heterocycles. The smallest absolute Gasteiger partial charge is 0.270 e. The number of non-ortho nitro benzene ring substituents is 1. The van der Waals surface area contributed by atoms with Crippen LogP contribution in [0.2, 0.25) is 0 Å². The van der Waals surface area contributed by atoms with E-state index in [0.29, 0.717) is 0 Å². The Kier molecular flexibility index (Phi) is 4.18. The molecule has 7 heteroatoms. The number of nitrogens with zero attached hydrogens (tertiary/aromatic N) is 1. The van der Waals surface area contributed by atoms with Crippen LogP contribution in [0.4, 0.5) is 5.69 Å². The van der Waals surface area contributed by atoms with E-state index in [0.717, 1.165) is 12.3 Å². The minimum atomic E-state index is -3.51. The van der Waals surface area contributed by atoms with E-state index in [1.165, 1.54) is 18.2 Å². The SMILES string of the molecule is CC[C@@H](C(=O)c1cccc([N+](=O)[O-])c1)S(C)(=O)=O. The molecule has 0 fully saturated rings. The topological polar surface area (TPSA) is 94.3 Å². The van der Waals surface area contributed by atoms with Gasteiger partial charge in [0.15, 0.2) is 15.6 Å². The van der Waals surface area contributed by atoms with Crippen LogP contribution in [0.15, 0.2) is 24.3 Å². The first-order chi connectivity index (χ1) is 8.27. The molecule has 1 aromatic rings. The Balaban J connectivity index is 3.18. The molecule has 0 radical (unpaired) electrons. The predicted molar refractivity (Wildman–Crippen MR) is 66.3 cm³/mol. The fraction of sp³-hybridized carbons (Fsp3) is 0.364. The molecule has 0 saturated heterocycles. The highest BCUT2D eigenvalue weighted by molar-refractivity contribution is 7.92. The van der Waals surface area contributed by atoms with Crippen LogP contribution in [-0.4, -0.2) is 30.6 Å². The van der Waals surface area contributed by atoms with Crippen molar-refractivity contribution >= 4 is 21.3 Å². The molecule has 98 valence electrons. The largest absolute Gasteiger partial charge is 0.293 e. The van der Waals surface area contributed by atoms with E-state index in [2.05, 4.69) is 0 Å². The van der Waals surface area contributed by atoms with Crippen molar-refractivity contribution < 1.29 is 18.1 Å². The van der Waals surface area contributed by atoms with Crippen molar-refractivity contribution in [3.63, 3.8) is 0 Å². The molecule has 0 amide bonds. The van der Waals surface area contributed by atoms with Gasteiger partial charge in [0.1, 0.15) is 5.25 Å². The minimum absolute atomic E-state index is 0.0430. The second-order valence-electron chi connectivity index (χ2n) is 3.90. The molecule has 0 aromatic heterocycles. The van der Waals surface area contributed by atoms with Crippen molar-refractivity contribution in [3.8, 4) is 0 Å². The Morgan fingerprint density at radius 2 is 2.06 bits per heavy atom. The van der Waals surface area contributed by atoms with Gasteiger partial charge in [0.2, 0.25) is 0 Å². The van der Waals surface area contributed by atoms with Gasteiger partial charge in [0.05, 0.1) is 4.92 Å². The summed E-state index contributed by atoms with van der Waals surface area (Å²) < 4.78 is 22.9. The highest BCUT2D eigenvalue weighted by Crippen LogP contribution is 2.18. The van der Waals surface area contributed by atoms with Crippen LogP contribution >= 0.6 is 0 Å².